The largest absolute Gasteiger partial charge is 0.488 e. The van der Waals surface area contributed by atoms with Crippen molar-refractivity contribution in [2.75, 3.05) is 26.3 Å². The lowest BCUT2D eigenvalue weighted by Crippen LogP contribution is -2.24. The second-order valence-corrected chi connectivity index (χ2v) is 8.59. The molecular formula is C25H29N3O3. The van der Waals surface area contributed by atoms with Crippen LogP contribution in [0.15, 0.2) is 53.1 Å². The van der Waals surface area contributed by atoms with Crippen LogP contribution in [0.25, 0.3) is 11.5 Å². The first-order valence-electron chi connectivity index (χ1n) is 11.2. The first kappa shape index (κ1) is 20.2. The second-order valence-electron chi connectivity index (χ2n) is 8.59. The average molecular weight is 420 g/mol. The van der Waals surface area contributed by atoms with Crippen molar-refractivity contribution in [3.8, 4) is 17.2 Å². The number of aromatic nitrogens is 2. The number of para-hydroxylation sites is 1. The van der Waals surface area contributed by atoms with Crippen molar-refractivity contribution in [3.63, 3.8) is 0 Å². The molecule has 6 nitrogen and oxygen atoms in total. The standard InChI is InChI=1S/C25H29N3O3/c1-18-5-4-6-19(15-18)16-28-12-9-21(17-28)30-23-8-3-2-7-22(23)25-26-24(27-31-25)20-10-13-29-14-11-20/h2-8,15,20-21H,9-14,16-17H2,1H3. The molecule has 1 unspecified atom stereocenters. The zero-order valence-electron chi connectivity index (χ0n) is 18.0. The van der Waals surface area contributed by atoms with Gasteiger partial charge in [-0.1, -0.05) is 47.1 Å². The number of likely N-dealkylation sites (tertiary alicyclic amines) is 1. The highest BCUT2D eigenvalue weighted by Crippen LogP contribution is 2.33. The van der Waals surface area contributed by atoms with Gasteiger partial charge in [-0.25, -0.2) is 0 Å². The van der Waals surface area contributed by atoms with Gasteiger partial charge in [0.2, 0.25) is 0 Å². The van der Waals surface area contributed by atoms with Gasteiger partial charge in [-0.15, -0.1) is 0 Å². The first-order valence-corrected chi connectivity index (χ1v) is 11.2. The molecular weight excluding hydrogens is 390 g/mol. The lowest BCUT2D eigenvalue weighted by atomic mass is 10.00. The molecule has 0 spiro atoms. The smallest absolute Gasteiger partial charge is 0.261 e. The van der Waals surface area contributed by atoms with Crippen molar-refractivity contribution >= 4 is 0 Å². The molecule has 3 aromatic rings. The average Bonchev–Trinajstić information content (AvgIpc) is 3.45. The van der Waals surface area contributed by atoms with Crippen LogP contribution in [-0.4, -0.2) is 47.4 Å². The van der Waals surface area contributed by atoms with E-state index in [1.807, 2.05) is 24.3 Å². The van der Waals surface area contributed by atoms with E-state index in [-0.39, 0.29) is 6.10 Å². The molecule has 0 amide bonds. The number of aryl methyl sites for hydroxylation is 1. The van der Waals surface area contributed by atoms with Gasteiger partial charge >= 0.3 is 0 Å². The molecule has 0 radical (unpaired) electrons. The van der Waals surface area contributed by atoms with Crippen LogP contribution in [0.2, 0.25) is 0 Å². The fourth-order valence-electron chi connectivity index (χ4n) is 4.50. The minimum absolute atomic E-state index is 0.156. The number of rotatable bonds is 6. The second kappa shape index (κ2) is 9.20. The Morgan fingerprint density at radius 2 is 1.94 bits per heavy atom. The summed E-state index contributed by atoms with van der Waals surface area (Å²) in [7, 11) is 0. The highest BCUT2D eigenvalue weighted by Gasteiger charge is 2.26. The van der Waals surface area contributed by atoms with E-state index in [4.69, 9.17) is 19.0 Å². The number of benzene rings is 2. The molecule has 2 saturated heterocycles. The van der Waals surface area contributed by atoms with E-state index in [2.05, 4.69) is 41.2 Å². The minimum Gasteiger partial charge on any atom is -0.488 e. The number of ether oxygens (including phenoxy) is 2. The van der Waals surface area contributed by atoms with E-state index >= 15 is 0 Å². The van der Waals surface area contributed by atoms with Crippen LogP contribution in [0.5, 0.6) is 5.75 Å². The van der Waals surface area contributed by atoms with Gasteiger partial charge in [-0.3, -0.25) is 4.90 Å². The Bertz CT molecular complexity index is 1010. The van der Waals surface area contributed by atoms with Crippen LogP contribution in [0.3, 0.4) is 0 Å². The van der Waals surface area contributed by atoms with Crippen molar-refractivity contribution < 1.29 is 14.0 Å². The van der Waals surface area contributed by atoms with Crippen molar-refractivity contribution in [2.45, 2.75) is 44.8 Å². The summed E-state index contributed by atoms with van der Waals surface area (Å²) >= 11 is 0. The summed E-state index contributed by atoms with van der Waals surface area (Å²) in [6.07, 6.45) is 3.05. The van der Waals surface area contributed by atoms with Crippen molar-refractivity contribution in [2.24, 2.45) is 0 Å². The molecule has 1 atom stereocenters. The van der Waals surface area contributed by atoms with E-state index in [9.17, 15) is 0 Å². The summed E-state index contributed by atoms with van der Waals surface area (Å²) in [4.78, 5) is 7.15. The zero-order valence-corrected chi connectivity index (χ0v) is 18.0. The highest BCUT2D eigenvalue weighted by atomic mass is 16.5. The minimum atomic E-state index is 0.156. The summed E-state index contributed by atoms with van der Waals surface area (Å²) in [6.45, 7) is 6.57. The SMILES string of the molecule is Cc1cccc(CN2CCC(Oc3ccccc3-c3nc(C4CCOCC4)no3)C2)c1. The molecule has 3 heterocycles. The van der Waals surface area contributed by atoms with Gasteiger partial charge in [0, 0.05) is 38.8 Å². The maximum atomic E-state index is 6.42. The van der Waals surface area contributed by atoms with E-state index in [1.54, 1.807) is 0 Å². The van der Waals surface area contributed by atoms with Crippen molar-refractivity contribution in [1.29, 1.82) is 0 Å². The summed E-state index contributed by atoms with van der Waals surface area (Å²) in [5.41, 5.74) is 3.52. The molecule has 0 bridgehead atoms. The summed E-state index contributed by atoms with van der Waals surface area (Å²) in [5, 5.41) is 4.25. The van der Waals surface area contributed by atoms with Gasteiger partial charge in [-0.05, 0) is 43.9 Å². The lowest BCUT2D eigenvalue weighted by molar-refractivity contribution is 0.0830. The maximum absolute atomic E-state index is 6.42. The topological polar surface area (TPSA) is 60.6 Å². The first-order chi connectivity index (χ1) is 15.2. The summed E-state index contributed by atoms with van der Waals surface area (Å²) in [5.74, 6) is 2.43. The summed E-state index contributed by atoms with van der Waals surface area (Å²) in [6, 6.07) is 16.7. The quantitative estimate of drug-likeness (QED) is 0.582. The Morgan fingerprint density at radius 1 is 1.06 bits per heavy atom. The monoisotopic (exact) mass is 419 g/mol. The maximum Gasteiger partial charge on any atom is 0.261 e. The Labute approximate surface area is 183 Å². The molecule has 2 aromatic carbocycles. The molecule has 0 N–H and O–H groups in total. The predicted octanol–water partition coefficient (Wildman–Crippen LogP) is 4.59. The molecule has 1 aromatic heterocycles. The van der Waals surface area contributed by atoms with E-state index in [0.717, 1.165) is 69.2 Å². The van der Waals surface area contributed by atoms with E-state index < -0.39 is 0 Å². The van der Waals surface area contributed by atoms with Crippen LogP contribution in [0, 0.1) is 6.92 Å². The molecule has 2 aliphatic rings. The third-order valence-electron chi connectivity index (χ3n) is 6.16. The van der Waals surface area contributed by atoms with Crippen molar-refractivity contribution in [3.05, 3.63) is 65.5 Å². The van der Waals surface area contributed by atoms with Crippen LogP contribution in [0.4, 0.5) is 0 Å². The van der Waals surface area contributed by atoms with Gasteiger partial charge in [0.25, 0.3) is 5.89 Å². The van der Waals surface area contributed by atoms with Gasteiger partial charge in [0.1, 0.15) is 11.9 Å². The third-order valence-corrected chi connectivity index (χ3v) is 6.16. The Balaban J connectivity index is 1.25. The number of nitrogens with zero attached hydrogens (tertiary/aromatic N) is 3. The molecule has 2 aliphatic heterocycles. The van der Waals surface area contributed by atoms with E-state index in [1.165, 1.54) is 11.1 Å². The summed E-state index contributed by atoms with van der Waals surface area (Å²) < 4.78 is 17.5. The lowest BCUT2D eigenvalue weighted by Gasteiger charge is -2.18. The molecule has 31 heavy (non-hydrogen) atoms. The molecule has 162 valence electrons. The van der Waals surface area contributed by atoms with Crippen molar-refractivity contribution in [1.82, 2.24) is 15.0 Å². The highest BCUT2D eigenvalue weighted by molar-refractivity contribution is 5.62. The van der Waals surface area contributed by atoms with Crippen LogP contribution in [0.1, 0.15) is 42.1 Å². The normalized spacial score (nSPS) is 20.2. The van der Waals surface area contributed by atoms with Crippen LogP contribution < -0.4 is 4.74 Å². The molecule has 2 fully saturated rings. The van der Waals surface area contributed by atoms with Crippen LogP contribution >= 0.6 is 0 Å². The van der Waals surface area contributed by atoms with Crippen LogP contribution in [-0.2, 0) is 11.3 Å². The van der Waals surface area contributed by atoms with E-state index in [0.29, 0.717) is 11.8 Å². The molecule has 5 rings (SSSR count). The van der Waals surface area contributed by atoms with Gasteiger partial charge in [0.15, 0.2) is 5.82 Å². The fourth-order valence-corrected chi connectivity index (χ4v) is 4.50. The fraction of sp³-hybridized carbons (Fsp3) is 0.440. The third kappa shape index (κ3) is 4.81. The molecule has 6 heteroatoms. The van der Waals surface area contributed by atoms with Gasteiger partial charge in [-0.2, -0.15) is 4.98 Å². The number of hydrogen-bond donors (Lipinski definition) is 0. The Kier molecular flexibility index (Phi) is 6.00. The Morgan fingerprint density at radius 3 is 2.81 bits per heavy atom. The van der Waals surface area contributed by atoms with Gasteiger partial charge in [0.05, 0.1) is 5.56 Å². The zero-order chi connectivity index (χ0) is 21.0. The predicted molar refractivity (Wildman–Crippen MR) is 118 cm³/mol. The molecule has 0 saturated carbocycles. The Hall–Kier alpha value is -2.70. The van der Waals surface area contributed by atoms with Gasteiger partial charge < -0.3 is 14.0 Å². The number of hydrogen-bond acceptors (Lipinski definition) is 6. The molecule has 0 aliphatic carbocycles.